The van der Waals surface area contributed by atoms with Crippen molar-refractivity contribution < 1.29 is 32.0 Å². The number of thioether (sulfide) groups is 1. The van der Waals surface area contributed by atoms with Gasteiger partial charge in [-0.15, -0.1) is 0 Å². The van der Waals surface area contributed by atoms with Crippen LogP contribution in [0.5, 0.6) is 0 Å². The lowest BCUT2D eigenvalue weighted by atomic mass is 10.1. The molecule has 1 saturated heterocycles. The lowest BCUT2D eigenvalue weighted by Crippen LogP contribution is -2.36. The molecule has 0 bridgehead atoms. The summed E-state index contributed by atoms with van der Waals surface area (Å²) < 4.78 is 44.0. The zero-order chi connectivity index (χ0) is 19.6. The fraction of sp³-hybridized carbons (Fsp3) is 0.118. The number of hydrogen-bond donors (Lipinski definition) is 1. The second-order valence-electron chi connectivity index (χ2n) is 5.37. The number of nitrogens with zero attached hydrogens (tertiary/aromatic N) is 1. The quantitative estimate of drug-likeness (QED) is 0.791. The van der Waals surface area contributed by atoms with Crippen LogP contribution in [0.15, 0.2) is 52.0 Å². The third-order valence-electron chi connectivity index (χ3n) is 3.50. The molecule has 1 aromatic carbocycles. The van der Waals surface area contributed by atoms with Gasteiger partial charge in [0.05, 0.1) is 22.4 Å². The average molecular weight is 396 g/mol. The van der Waals surface area contributed by atoms with Crippen LogP contribution in [-0.2, 0) is 15.8 Å². The fourth-order valence-electron chi connectivity index (χ4n) is 2.31. The summed E-state index contributed by atoms with van der Waals surface area (Å²) in [6.45, 7) is -0.702. The molecule has 2 heterocycles. The molecular weight excluding hydrogens is 385 g/mol. The fourth-order valence-corrected chi connectivity index (χ4v) is 3.13. The number of imide groups is 1. The maximum Gasteiger partial charge on any atom is 0.418 e. The highest BCUT2D eigenvalue weighted by Gasteiger charge is 2.37. The van der Waals surface area contributed by atoms with Crippen molar-refractivity contribution >= 4 is 40.6 Å². The Morgan fingerprint density at radius 2 is 1.93 bits per heavy atom. The predicted molar refractivity (Wildman–Crippen MR) is 91.5 cm³/mol. The molecule has 0 spiro atoms. The van der Waals surface area contributed by atoms with Crippen molar-refractivity contribution in [2.75, 3.05) is 11.9 Å². The second kappa shape index (κ2) is 7.31. The molecule has 0 atom stereocenters. The number of halogens is 3. The summed E-state index contributed by atoms with van der Waals surface area (Å²) in [5.41, 5.74) is -1.47. The average Bonchev–Trinajstić information content (AvgIpc) is 3.19. The summed E-state index contributed by atoms with van der Waals surface area (Å²) in [7, 11) is 0. The molecule has 1 N–H and O–H groups in total. The van der Waals surface area contributed by atoms with Gasteiger partial charge in [-0.25, -0.2) is 0 Å². The Kier molecular flexibility index (Phi) is 5.08. The topological polar surface area (TPSA) is 79.6 Å². The van der Waals surface area contributed by atoms with E-state index in [-0.39, 0.29) is 4.91 Å². The molecule has 27 heavy (non-hydrogen) atoms. The van der Waals surface area contributed by atoms with Crippen LogP contribution in [0.2, 0.25) is 0 Å². The van der Waals surface area contributed by atoms with Gasteiger partial charge in [0.1, 0.15) is 12.3 Å². The van der Waals surface area contributed by atoms with Gasteiger partial charge in [0.25, 0.3) is 11.1 Å². The molecule has 0 saturated carbocycles. The number of furan rings is 1. The normalized spacial score (nSPS) is 16.3. The zero-order valence-corrected chi connectivity index (χ0v) is 14.3. The number of alkyl halides is 3. The van der Waals surface area contributed by atoms with E-state index in [0.29, 0.717) is 22.4 Å². The lowest BCUT2D eigenvalue weighted by molar-refractivity contribution is -0.137. The molecule has 2 aromatic rings. The first-order valence-electron chi connectivity index (χ1n) is 7.50. The van der Waals surface area contributed by atoms with Crippen molar-refractivity contribution in [1.82, 2.24) is 4.90 Å². The van der Waals surface area contributed by atoms with Gasteiger partial charge >= 0.3 is 6.18 Å². The van der Waals surface area contributed by atoms with Crippen molar-refractivity contribution in [2.24, 2.45) is 0 Å². The summed E-state index contributed by atoms with van der Waals surface area (Å²) in [5.74, 6) is -1.29. The lowest BCUT2D eigenvalue weighted by Gasteiger charge is -2.15. The highest BCUT2D eigenvalue weighted by Crippen LogP contribution is 2.35. The van der Waals surface area contributed by atoms with Crippen molar-refractivity contribution in [3.05, 3.63) is 58.9 Å². The van der Waals surface area contributed by atoms with E-state index in [2.05, 4.69) is 5.32 Å². The molecule has 0 unspecified atom stereocenters. The van der Waals surface area contributed by atoms with Crippen LogP contribution in [-0.4, -0.2) is 28.5 Å². The third-order valence-corrected chi connectivity index (χ3v) is 4.41. The zero-order valence-electron chi connectivity index (χ0n) is 13.4. The Morgan fingerprint density at radius 3 is 2.59 bits per heavy atom. The smallest absolute Gasteiger partial charge is 0.418 e. The Hall–Kier alpha value is -3.01. The third kappa shape index (κ3) is 4.22. The second-order valence-corrected chi connectivity index (χ2v) is 6.37. The molecule has 3 amide bonds. The number of carbonyl (C=O) groups excluding carboxylic acids is 3. The van der Waals surface area contributed by atoms with Crippen LogP contribution >= 0.6 is 11.8 Å². The van der Waals surface area contributed by atoms with Gasteiger partial charge in [-0.3, -0.25) is 19.3 Å². The van der Waals surface area contributed by atoms with E-state index in [4.69, 9.17) is 4.42 Å². The van der Waals surface area contributed by atoms with Crippen molar-refractivity contribution in [1.29, 1.82) is 0 Å². The Labute approximate surface area is 155 Å². The van der Waals surface area contributed by atoms with Crippen molar-refractivity contribution in [2.45, 2.75) is 6.18 Å². The van der Waals surface area contributed by atoms with E-state index in [0.717, 1.165) is 12.1 Å². The minimum absolute atomic E-state index is 0.0541. The molecule has 10 heteroatoms. The first-order valence-corrected chi connectivity index (χ1v) is 8.32. The van der Waals surface area contributed by atoms with E-state index in [9.17, 15) is 27.6 Å². The van der Waals surface area contributed by atoms with E-state index >= 15 is 0 Å². The summed E-state index contributed by atoms with van der Waals surface area (Å²) in [6.07, 6.45) is -1.92. The van der Waals surface area contributed by atoms with Crippen molar-refractivity contribution in [3.8, 4) is 0 Å². The van der Waals surface area contributed by atoms with Crippen LogP contribution in [0.4, 0.5) is 23.7 Å². The number of hydrogen-bond acceptors (Lipinski definition) is 5. The standard InChI is InChI=1S/C17H11F3N2O4S/c18-17(19,20)11-5-1-2-6-12(11)21-14(23)9-22-15(24)13(27-16(22)25)8-10-4-3-7-26-10/h1-8H,9H2,(H,21,23)/b13-8-. The van der Waals surface area contributed by atoms with Gasteiger partial charge in [-0.2, -0.15) is 13.2 Å². The van der Waals surface area contributed by atoms with Gasteiger partial charge < -0.3 is 9.73 Å². The Morgan fingerprint density at radius 1 is 1.19 bits per heavy atom. The first kappa shape index (κ1) is 18.8. The number of benzene rings is 1. The molecule has 140 valence electrons. The largest absolute Gasteiger partial charge is 0.465 e. The number of nitrogens with one attached hydrogen (secondary N) is 1. The van der Waals surface area contributed by atoms with Crippen molar-refractivity contribution in [3.63, 3.8) is 0 Å². The number of amides is 3. The number of anilines is 1. The van der Waals surface area contributed by atoms with Crippen LogP contribution in [0.3, 0.4) is 0 Å². The molecule has 0 aliphatic carbocycles. The van der Waals surface area contributed by atoms with Gasteiger partial charge in [-0.1, -0.05) is 12.1 Å². The van der Waals surface area contributed by atoms with E-state index in [1.165, 1.54) is 24.5 Å². The van der Waals surface area contributed by atoms with Gasteiger partial charge in [-0.05, 0) is 36.0 Å². The highest BCUT2D eigenvalue weighted by molar-refractivity contribution is 8.18. The number of para-hydroxylation sites is 1. The van der Waals surface area contributed by atoms with E-state index in [1.807, 2.05) is 0 Å². The number of carbonyl (C=O) groups is 3. The van der Waals surface area contributed by atoms with Gasteiger partial charge in [0.15, 0.2) is 0 Å². The molecule has 1 aliphatic heterocycles. The minimum atomic E-state index is -4.65. The molecule has 0 radical (unpaired) electrons. The molecule has 1 aliphatic rings. The monoisotopic (exact) mass is 396 g/mol. The summed E-state index contributed by atoms with van der Waals surface area (Å²) >= 11 is 0.614. The van der Waals surface area contributed by atoms with Crippen LogP contribution in [0.25, 0.3) is 6.08 Å². The molecule has 1 aromatic heterocycles. The maximum atomic E-state index is 13.0. The summed E-state index contributed by atoms with van der Waals surface area (Å²) in [5, 5.41) is 1.40. The summed E-state index contributed by atoms with van der Waals surface area (Å²) in [6, 6.07) is 7.61. The SMILES string of the molecule is O=C(CN1C(=O)S/C(=C\c2ccco2)C1=O)Nc1ccccc1C(F)(F)F. The van der Waals surface area contributed by atoms with Crippen LogP contribution in [0.1, 0.15) is 11.3 Å². The maximum absolute atomic E-state index is 13.0. The minimum Gasteiger partial charge on any atom is -0.465 e. The molecular formula is C17H11F3N2O4S. The number of rotatable bonds is 4. The van der Waals surface area contributed by atoms with Gasteiger partial charge in [0, 0.05) is 6.08 Å². The molecule has 1 fully saturated rings. The molecule has 3 rings (SSSR count). The first-order chi connectivity index (χ1) is 12.8. The summed E-state index contributed by atoms with van der Waals surface area (Å²) in [4.78, 5) is 37.0. The van der Waals surface area contributed by atoms with E-state index < -0.39 is 41.0 Å². The predicted octanol–water partition coefficient (Wildman–Crippen LogP) is 3.97. The Bertz CT molecular complexity index is 923. The van der Waals surface area contributed by atoms with E-state index in [1.54, 1.807) is 12.1 Å². The van der Waals surface area contributed by atoms with Crippen LogP contribution in [0, 0.1) is 0 Å². The highest BCUT2D eigenvalue weighted by atomic mass is 32.2. The van der Waals surface area contributed by atoms with Crippen LogP contribution < -0.4 is 5.32 Å². The van der Waals surface area contributed by atoms with Gasteiger partial charge in [0.2, 0.25) is 5.91 Å². The Balaban J connectivity index is 1.72. The molecule has 6 nitrogen and oxygen atoms in total.